The summed E-state index contributed by atoms with van der Waals surface area (Å²) < 4.78 is 0. The Morgan fingerprint density at radius 3 is 3.08 bits per heavy atom. The third-order valence-electron chi connectivity index (χ3n) is 1.72. The van der Waals surface area contributed by atoms with Gasteiger partial charge in [-0.25, -0.2) is 0 Å². The molecule has 1 aromatic rings. The second-order valence-electron chi connectivity index (χ2n) is 2.64. The number of aromatic nitrogens is 3. The van der Waals surface area contributed by atoms with E-state index in [0.29, 0.717) is 0 Å². The quantitative estimate of drug-likeness (QED) is 0.673. The van der Waals surface area contributed by atoms with Crippen molar-refractivity contribution >= 4 is 0 Å². The van der Waals surface area contributed by atoms with Crippen LogP contribution in [0.5, 0.6) is 0 Å². The number of rotatable bonds is 4. The Hall–Kier alpha value is -1.34. The first-order valence-corrected chi connectivity index (χ1v) is 4.37. The predicted octanol–water partition coefficient (Wildman–Crippen LogP) is 0.869. The van der Waals surface area contributed by atoms with Gasteiger partial charge >= 0.3 is 0 Å². The molecule has 1 aromatic heterocycles. The van der Waals surface area contributed by atoms with Gasteiger partial charge in [0.05, 0.1) is 12.2 Å². The standard InChI is InChI=1S/C9H14N4/c1-3-5-6-8(10-4-2)9-7-11-13-12-9/h7-8,10H,4,6H2,1-2H3,(H,11,12,13). The number of H-pyrrole nitrogens is 1. The van der Waals surface area contributed by atoms with Gasteiger partial charge in [0.2, 0.25) is 0 Å². The highest BCUT2D eigenvalue weighted by Gasteiger charge is 2.10. The third kappa shape index (κ3) is 2.88. The molecule has 4 heteroatoms. The van der Waals surface area contributed by atoms with Crippen molar-refractivity contribution in [1.82, 2.24) is 20.7 Å². The number of hydrogen-bond donors (Lipinski definition) is 2. The maximum Gasteiger partial charge on any atom is 0.100 e. The van der Waals surface area contributed by atoms with Crippen LogP contribution in [0.1, 0.15) is 32.0 Å². The Labute approximate surface area is 78.1 Å². The van der Waals surface area contributed by atoms with Crippen LogP contribution < -0.4 is 5.32 Å². The Kier molecular flexibility index (Phi) is 4.00. The van der Waals surface area contributed by atoms with Gasteiger partial charge in [-0.1, -0.05) is 6.92 Å². The lowest BCUT2D eigenvalue weighted by Gasteiger charge is -2.10. The van der Waals surface area contributed by atoms with Crippen LogP contribution in [0.15, 0.2) is 6.20 Å². The van der Waals surface area contributed by atoms with Gasteiger partial charge in [0, 0.05) is 6.42 Å². The van der Waals surface area contributed by atoms with Gasteiger partial charge in [-0.2, -0.15) is 15.4 Å². The summed E-state index contributed by atoms with van der Waals surface area (Å²) in [5.74, 6) is 5.90. The molecule has 1 atom stereocenters. The molecular formula is C9H14N4. The molecule has 0 saturated carbocycles. The maximum atomic E-state index is 4.02. The Bertz CT molecular complexity index is 280. The molecule has 0 aliphatic carbocycles. The van der Waals surface area contributed by atoms with Crippen LogP contribution >= 0.6 is 0 Å². The SMILES string of the molecule is CC#CCC(NCC)c1cn[nH]n1. The zero-order valence-electron chi connectivity index (χ0n) is 7.96. The molecule has 0 fully saturated rings. The van der Waals surface area contributed by atoms with Crippen molar-refractivity contribution in [3.05, 3.63) is 11.9 Å². The molecule has 0 aliphatic heterocycles. The molecule has 2 N–H and O–H groups in total. The highest BCUT2D eigenvalue weighted by atomic mass is 15.3. The lowest BCUT2D eigenvalue weighted by molar-refractivity contribution is 0.550. The van der Waals surface area contributed by atoms with Crippen LogP contribution in [0.4, 0.5) is 0 Å². The monoisotopic (exact) mass is 178 g/mol. The fourth-order valence-corrected chi connectivity index (χ4v) is 1.11. The molecule has 0 spiro atoms. The van der Waals surface area contributed by atoms with Crippen molar-refractivity contribution in [2.45, 2.75) is 26.3 Å². The number of hydrogen-bond acceptors (Lipinski definition) is 3. The zero-order valence-corrected chi connectivity index (χ0v) is 7.96. The Balaban J connectivity index is 2.60. The fourth-order valence-electron chi connectivity index (χ4n) is 1.11. The molecule has 1 heterocycles. The molecule has 0 aromatic carbocycles. The average molecular weight is 178 g/mol. The fraction of sp³-hybridized carbons (Fsp3) is 0.556. The number of nitrogens with zero attached hydrogens (tertiary/aromatic N) is 2. The molecule has 70 valence electrons. The molecule has 13 heavy (non-hydrogen) atoms. The molecule has 0 aliphatic rings. The molecule has 0 amide bonds. The van der Waals surface area contributed by atoms with Gasteiger partial charge in [-0.15, -0.1) is 11.8 Å². The normalized spacial score (nSPS) is 11.8. The van der Waals surface area contributed by atoms with Crippen LogP contribution in [0, 0.1) is 11.8 Å². The van der Waals surface area contributed by atoms with Gasteiger partial charge in [-0.3, -0.25) is 0 Å². The highest BCUT2D eigenvalue weighted by Crippen LogP contribution is 2.11. The van der Waals surface area contributed by atoms with Crippen molar-refractivity contribution in [3.63, 3.8) is 0 Å². The van der Waals surface area contributed by atoms with E-state index in [4.69, 9.17) is 0 Å². The zero-order chi connectivity index (χ0) is 9.52. The van der Waals surface area contributed by atoms with Crippen LogP contribution in [0.2, 0.25) is 0 Å². The lowest BCUT2D eigenvalue weighted by Crippen LogP contribution is -2.20. The summed E-state index contributed by atoms with van der Waals surface area (Å²) in [5, 5.41) is 13.7. The lowest BCUT2D eigenvalue weighted by atomic mass is 10.1. The summed E-state index contributed by atoms with van der Waals surface area (Å²) in [6, 6.07) is 0.191. The number of aromatic amines is 1. The second kappa shape index (κ2) is 5.33. The first-order valence-electron chi connectivity index (χ1n) is 4.37. The molecule has 1 rings (SSSR count). The largest absolute Gasteiger partial charge is 0.308 e. The topological polar surface area (TPSA) is 53.6 Å². The van der Waals surface area contributed by atoms with E-state index in [1.807, 2.05) is 6.92 Å². The molecule has 0 bridgehead atoms. The predicted molar refractivity (Wildman–Crippen MR) is 50.9 cm³/mol. The van der Waals surface area contributed by atoms with Crippen molar-refractivity contribution in [2.75, 3.05) is 6.54 Å². The highest BCUT2D eigenvalue weighted by molar-refractivity contribution is 5.07. The summed E-state index contributed by atoms with van der Waals surface area (Å²) in [6.07, 6.45) is 2.50. The van der Waals surface area contributed by atoms with Crippen LogP contribution in [-0.2, 0) is 0 Å². The number of nitrogens with one attached hydrogen (secondary N) is 2. The van der Waals surface area contributed by atoms with E-state index in [-0.39, 0.29) is 6.04 Å². The van der Waals surface area contributed by atoms with Crippen LogP contribution in [0.3, 0.4) is 0 Å². The van der Waals surface area contributed by atoms with Gasteiger partial charge in [0.25, 0.3) is 0 Å². The van der Waals surface area contributed by atoms with E-state index in [1.165, 1.54) is 0 Å². The third-order valence-corrected chi connectivity index (χ3v) is 1.72. The van der Waals surface area contributed by atoms with Gasteiger partial charge in [0.1, 0.15) is 5.69 Å². The van der Waals surface area contributed by atoms with E-state index >= 15 is 0 Å². The van der Waals surface area contributed by atoms with Gasteiger partial charge in [0.15, 0.2) is 0 Å². The summed E-state index contributed by atoms with van der Waals surface area (Å²) in [7, 11) is 0. The molecule has 4 nitrogen and oxygen atoms in total. The van der Waals surface area contributed by atoms with E-state index < -0.39 is 0 Å². The summed E-state index contributed by atoms with van der Waals surface area (Å²) in [4.78, 5) is 0. The minimum absolute atomic E-state index is 0.191. The average Bonchev–Trinajstić information content (AvgIpc) is 2.65. The minimum atomic E-state index is 0.191. The smallest absolute Gasteiger partial charge is 0.100 e. The molecule has 0 saturated heterocycles. The van der Waals surface area contributed by atoms with E-state index in [0.717, 1.165) is 18.7 Å². The molecule has 1 unspecified atom stereocenters. The molecule has 0 radical (unpaired) electrons. The van der Waals surface area contributed by atoms with Gasteiger partial charge < -0.3 is 5.32 Å². The summed E-state index contributed by atoms with van der Waals surface area (Å²) >= 11 is 0. The second-order valence-corrected chi connectivity index (χ2v) is 2.64. The Morgan fingerprint density at radius 2 is 2.54 bits per heavy atom. The van der Waals surface area contributed by atoms with Crippen LogP contribution in [0.25, 0.3) is 0 Å². The van der Waals surface area contributed by atoms with Crippen molar-refractivity contribution in [2.24, 2.45) is 0 Å². The summed E-state index contributed by atoms with van der Waals surface area (Å²) in [6.45, 7) is 4.81. The van der Waals surface area contributed by atoms with Crippen LogP contribution in [-0.4, -0.2) is 22.0 Å². The maximum absolute atomic E-state index is 4.02. The van der Waals surface area contributed by atoms with E-state index in [2.05, 4.69) is 39.5 Å². The minimum Gasteiger partial charge on any atom is -0.308 e. The van der Waals surface area contributed by atoms with Crippen molar-refractivity contribution in [1.29, 1.82) is 0 Å². The summed E-state index contributed by atoms with van der Waals surface area (Å²) in [5.41, 5.74) is 0.921. The van der Waals surface area contributed by atoms with Gasteiger partial charge in [-0.05, 0) is 13.5 Å². The first kappa shape index (κ1) is 9.75. The first-order chi connectivity index (χ1) is 6.38. The molecular weight excluding hydrogens is 164 g/mol. The van der Waals surface area contributed by atoms with E-state index in [1.54, 1.807) is 6.20 Å². The Morgan fingerprint density at radius 1 is 1.69 bits per heavy atom. The van der Waals surface area contributed by atoms with Crippen molar-refractivity contribution in [3.8, 4) is 11.8 Å². The van der Waals surface area contributed by atoms with E-state index in [9.17, 15) is 0 Å². The van der Waals surface area contributed by atoms with Crippen molar-refractivity contribution < 1.29 is 0 Å².